The van der Waals surface area contributed by atoms with Gasteiger partial charge in [0, 0.05) is 11.3 Å². The van der Waals surface area contributed by atoms with E-state index < -0.39 is 0 Å². The van der Waals surface area contributed by atoms with E-state index in [0.29, 0.717) is 5.69 Å². The number of rotatable bonds is 2. The van der Waals surface area contributed by atoms with Crippen LogP contribution in [0.4, 0.5) is 0 Å². The van der Waals surface area contributed by atoms with Gasteiger partial charge in [0.25, 0.3) is 0 Å². The van der Waals surface area contributed by atoms with E-state index >= 15 is 0 Å². The van der Waals surface area contributed by atoms with Crippen LogP contribution in [0.25, 0.3) is 0 Å². The Kier molecular flexibility index (Phi) is 4.30. The molecule has 0 saturated heterocycles. The molecule has 0 bridgehead atoms. The van der Waals surface area contributed by atoms with Gasteiger partial charge in [0.15, 0.2) is 0 Å². The molecule has 0 aliphatic rings. The highest BCUT2D eigenvalue weighted by Gasteiger charge is 1.98. The molecule has 0 unspecified atom stereocenters. The minimum absolute atomic E-state index is 0.0643. The first-order valence-electron chi connectivity index (χ1n) is 6.01. The van der Waals surface area contributed by atoms with Crippen molar-refractivity contribution in [3.63, 3.8) is 0 Å². The molecule has 3 nitrogen and oxygen atoms in total. The smallest absolute Gasteiger partial charge is 0.113 e. The molecule has 19 heavy (non-hydrogen) atoms. The zero-order chi connectivity index (χ0) is 13.7. The summed E-state index contributed by atoms with van der Waals surface area (Å²) in [6.07, 6.45) is 0. The summed E-state index contributed by atoms with van der Waals surface area (Å²) < 4.78 is 0. The van der Waals surface area contributed by atoms with Crippen molar-refractivity contribution >= 4 is 0 Å². The van der Waals surface area contributed by atoms with Gasteiger partial charge in [-0.25, -0.2) is 4.98 Å². The number of aromatic nitrogens is 1. The van der Waals surface area contributed by atoms with Crippen LogP contribution in [0.1, 0.15) is 28.1 Å². The van der Waals surface area contributed by atoms with E-state index in [0.717, 1.165) is 22.4 Å². The number of aryl methyl sites for hydroxylation is 1. The molecule has 0 saturated carbocycles. The standard InChI is InChI=1S/C16H15NO2/c1-12-3-2-4-16(17-12)6-5-13-7-14(10-18)9-15(8-13)11-19/h2-4,7-9,18-19H,10-11H2,1H3. The van der Waals surface area contributed by atoms with E-state index in [1.165, 1.54) is 0 Å². The van der Waals surface area contributed by atoms with Gasteiger partial charge < -0.3 is 10.2 Å². The molecule has 2 rings (SSSR count). The second kappa shape index (κ2) is 6.14. The highest BCUT2D eigenvalue weighted by atomic mass is 16.3. The number of hydrogen-bond acceptors (Lipinski definition) is 3. The predicted molar refractivity (Wildman–Crippen MR) is 73.2 cm³/mol. The van der Waals surface area contributed by atoms with Crippen LogP contribution in [0, 0.1) is 18.8 Å². The summed E-state index contributed by atoms with van der Waals surface area (Å²) in [6, 6.07) is 11.1. The molecule has 0 atom stereocenters. The molecular weight excluding hydrogens is 238 g/mol. The van der Waals surface area contributed by atoms with Crippen LogP contribution in [-0.2, 0) is 13.2 Å². The van der Waals surface area contributed by atoms with E-state index in [1.54, 1.807) is 6.07 Å². The van der Waals surface area contributed by atoms with E-state index in [2.05, 4.69) is 16.8 Å². The largest absolute Gasteiger partial charge is 0.392 e. The van der Waals surface area contributed by atoms with Crippen molar-refractivity contribution in [2.45, 2.75) is 20.1 Å². The maximum Gasteiger partial charge on any atom is 0.113 e. The third-order valence-electron chi connectivity index (χ3n) is 2.64. The molecule has 0 aliphatic carbocycles. The zero-order valence-electron chi connectivity index (χ0n) is 10.7. The Hall–Kier alpha value is -2.15. The van der Waals surface area contributed by atoms with Crippen LogP contribution in [0.2, 0.25) is 0 Å². The van der Waals surface area contributed by atoms with Gasteiger partial charge in [-0.2, -0.15) is 0 Å². The minimum atomic E-state index is -0.0643. The summed E-state index contributed by atoms with van der Waals surface area (Å²) in [5, 5.41) is 18.3. The number of aliphatic hydroxyl groups excluding tert-OH is 2. The zero-order valence-corrected chi connectivity index (χ0v) is 10.7. The molecule has 2 N–H and O–H groups in total. The second-order valence-electron chi connectivity index (χ2n) is 4.27. The first-order chi connectivity index (χ1) is 9.21. The van der Waals surface area contributed by atoms with Gasteiger partial charge in [-0.1, -0.05) is 18.1 Å². The Balaban J connectivity index is 2.33. The third kappa shape index (κ3) is 3.65. The van der Waals surface area contributed by atoms with Gasteiger partial charge in [-0.15, -0.1) is 0 Å². The molecule has 2 aromatic rings. The topological polar surface area (TPSA) is 53.4 Å². The van der Waals surface area contributed by atoms with Gasteiger partial charge in [0.1, 0.15) is 5.69 Å². The second-order valence-corrected chi connectivity index (χ2v) is 4.27. The number of benzene rings is 1. The molecule has 1 heterocycles. The monoisotopic (exact) mass is 253 g/mol. The average molecular weight is 253 g/mol. The fraction of sp³-hybridized carbons (Fsp3) is 0.188. The van der Waals surface area contributed by atoms with Gasteiger partial charge >= 0.3 is 0 Å². The highest BCUT2D eigenvalue weighted by molar-refractivity contribution is 5.44. The maximum atomic E-state index is 9.16. The van der Waals surface area contributed by atoms with Crippen molar-refractivity contribution in [3.8, 4) is 11.8 Å². The molecule has 0 aliphatic heterocycles. The average Bonchev–Trinajstić information content (AvgIpc) is 2.44. The van der Waals surface area contributed by atoms with Gasteiger partial charge in [-0.3, -0.25) is 0 Å². The Bertz CT molecular complexity index is 616. The lowest BCUT2D eigenvalue weighted by Gasteiger charge is -2.02. The SMILES string of the molecule is Cc1cccc(C#Cc2cc(CO)cc(CO)c2)n1. The molecule has 1 aromatic carbocycles. The van der Waals surface area contributed by atoms with Crippen LogP contribution in [0.5, 0.6) is 0 Å². The highest BCUT2D eigenvalue weighted by Crippen LogP contribution is 2.10. The lowest BCUT2D eigenvalue weighted by Crippen LogP contribution is -1.91. The van der Waals surface area contributed by atoms with Crippen LogP contribution in [0.3, 0.4) is 0 Å². The summed E-state index contributed by atoms with van der Waals surface area (Å²) in [5.41, 5.74) is 3.88. The van der Waals surface area contributed by atoms with E-state index in [1.807, 2.05) is 37.3 Å². The van der Waals surface area contributed by atoms with Crippen molar-refractivity contribution in [3.05, 3.63) is 64.5 Å². The van der Waals surface area contributed by atoms with Crippen LogP contribution in [-0.4, -0.2) is 15.2 Å². The molecule has 0 amide bonds. The lowest BCUT2D eigenvalue weighted by molar-refractivity contribution is 0.275. The fourth-order valence-corrected chi connectivity index (χ4v) is 1.77. The normalized spacial score (nSPS) is 9.84. The number of aliphatic hydroxyl groups is 2. The number of pyridine rings is 1. The van der Waals surface area contributed by atoms with Crippen molar-refractivity contribution in [1.82, 2.24) is 4.98 Å². The van der Waals surface area contributed by atoms with Gasteiger partial charge in [-0.05, 0) is 48.2 Å². The Labute approximate surface area is 112 Å². The lowest BCUT2D eigenvalue weighted by atomic mass is 10.1. The molecule has 3 heteroatoms. The third-order valence-corrected chi connectivity index (χ3v) is 2.64. The fourth-order valence-electron chi connectivity index (χ4n) is 1.77. The Morgan fingerprint density at radius 3 is 2.26 bits per heavy atom. The van der Waals surface area contributed by atoms with Crippen LogP contribution in [0.15, 0.2) is 36.4 Å². The summed E-state index contributed by atoms with van der Waals surface area (Å²) in [5.74, 6) is 5.98. The molecule has 0 spiro atoms. The predicted octanol–water partition coefficient (Wildman–Crippen LogP) is 1.77. The van der Waals surface area contributed by atoms with Crippen molar-refractivity contribution in [1.29, 1.82) is 0 Å². The summed E-state index contributed by atoms with van der Waals surface area (Å²) >= 11 is 0. The number of hydrogen-bond donors (Lipinski definition) is 2. The summed E-state index contributed by atoms with van der Waals surface area (Å²) in [7, 11) is 0. The van der Waals surface area contributed by atoms with Crippen LogP contribution >= 0.6 is 0 Å². The molecule has 0 radical (unpaired) electrons. The van der Waals surface area contributed by atoms with E-state index in [-0.39, 0.29) is 13.2 Å². The van der Waals surface area contributed by atoms with Crippen molar-refractivity contribution in [2.75, 3.05) is 0 Å². The van der Waals surface area contributed by atoms with Crippen molar-refractivity contribution in [2.24, 2.45) is 0 Å². The van der Waals surface area contributed by atoms with Crippen LogP contribution < -0.4 is 0 Å². The Morgan fingerprint density at radius 1 is 1.00 bits per heavy atom. The first-order valence-corrected chi connectivity index (χ1v) is 6.01. The number of nitrogens with zero attached hydrogens (tertiary/aromatic N) is 1. The van der Waals surface area contributed by atoms with Crippen molar-refractivity contribution < 1.29 is 10.2 Å². The quantitative estimate of drug-likeness (QED) is 0.802. The maximum absolute atomic E-state index is 9.16. The summed E-state index contributed by atoms with van der Waals surface area (Å²) in [4.78, 5) is 4.30. The first kappa shape index (κ1) is 13.3. The van der Waals surface area contributed by atoms with E-state index in [4.69, 9.17) is 10.2 Å². The Morgan fingerprint density at radius 2 is 1.68 bits per heavy atom. The van der Waals surface area contributed by atoms with Gasteiger partial charge in [0.05, 0.1) is 13.2 Å². The van der Waals surface area contributed by atoms with Gasteiger partial charge in [0.2, 0.25) is 0 Å². The summed E-state index contributed by atoms with van der Waals surface area (Å²) in [6.45, 7) is 1.79. The molecule has 0 fully saturated rings. The minimum Gasteiger partial charge on any atom is -0.392 e. The molecule has 96 valence electrons. The van der Waals surface area contributed by atoms with E-state index in [9.17, 15) is 0 Å². The molecular formula is C16H15NO2. The molecule has 1 aromatic heterocycles.